The molecule has 0 bridgehead atoms. The highest BCUT2D eigenvalue weighted by Gasteiger charge is 2.19. The van der Waals surface area contributed by atoms with Crippen LogP contribution in [0.5, 0.6) is 0 Å². The zero-order valence-corrected chi connectivity index (χ0v) is 11.9. The fourth-order valence-electron chi connectivity index (χ4n) is 1.26. The van der Waals surface area contributed by atoms with E-state index < -0.39 is 17.9 Å². The Labute approximate surface area is 121 Å². The molecule has 19 heavy (non-hydrogen) atoms. The summed E-state index contributed by atoms with van der Waals surface area (Å²) in [6.07, 6.45) is 2.84. The Kier molecular flexibility index (Phi) is 5.39. The van der Waals surface area contributed by atoms with Gasteiger partial charge >= 0.3 is 5.97 Å². The normalized spacial score (nSPS) is 12.4. The molecule has 1 N–H and O–H groups in total. The van der Waals surface area contributed by atoms with E-state index in [1.807, 2.05) is 0 Å². The fraction of sp³-hybridized carbons (Fsp3) is 0.231. The van der Waals surface area contributed by atoms with E-state index in [1.54, 1.807) is 24.3 Å². The lowest BCUT2D eigenvalue weighted by Crippen LogP contribution is -2.39. The third kappa shape index (κ3) is 4.26. The monoisotopic (exact) mass is 301 g/mol. The molecule has 1 atom stereocenters. The highest BCUT2D eigenvalue weighted by atomic mass is 35.5. The predicted molar refractivity (Wildman–Crippen MR) is 75.4 cm³/mol. The second-order valence-corrected chi connectivity index (χ2v) is 4.78. The second-order valence-electron chi connectivity index (χ2n) is 3.97. The largest absolute Gasteiger partial charge is 0.480 e. The summed E-state index contributed by atoms with van der Waals surface area (Å²) in [5.74, 6) is -1.46. The fourth-order valence-corrected chi connectivity index (χ4v) is 1.56. The van der Waals surface area contributed by atoms with Crippen molar-refractivity contribution in [3.05, 3.63) is 39.9 Å². The summed E-state index contributed by atoms with van der Waals surface area (Å²) in [5, 5.41) is 9.63. The van der Waals surface area contributed by atoms with Crippen LogP contribution in [0.15, 0.2) is 24.3 Å². The summed E-state index contributed by atoms with van der Waals surface area (Å²) in [5.41, 5.74) is 0.708. The van der Waals surface area contributed by atoms with Crippen molar-refractivity contribution in [1.82, 2.24) is 4.90 Å². The van der Waals surface area contributed by atoms with Crippen LogP contribution >= 0.6 is 23.2 Å². The van der Waals surface area contributed by atoms with Crippen molar-refractivity contribution in [3.8, 4) is 0 Å². The number of halogens is 2. The first-order valence-corrected chi connectivity index (χ1v) is 6.21. The Morgan fingerprint density at radius 1 is 1.32 bits per heavy atom. The predicted octanol–water partition coefficient (Wildman–Crippen LogP) is 2.94. The topological polar surface area (TPSA) is 57.6 Å². The molecular weight excluding hydrogens is 289 g/mol. The number of carbonyl (C=O) groups is 2. The lowest BCUT2D eigenvalue weighted by molar-refractivity contribution is -0.146. The number of benzene rings is 1. The summed E-state index contributed by atoms with van der Waals surface area (Å²) >= 11 is 11.6. The van der Waals surface area contributed by atoms with Gasteiger partial charge in [0.1, 0.15) is 6.04 Å². The summed E-state index contributed by atoms with van der Waals surface area (Å²) in [4.78, 5) is 23.6. The maximum Gasteiger partial charge on any atom is 0.326 e. The molecule has 0 aliphatic carbocycles. The molecule has 6 heteroatoms. The summed E-state index contributed by atoms with van der Waals surface area (Å²) < 4.78 is 0. The van der Waals surface area contributed by atoms with Gasteiger partial charge in [-0.3, -0.25) is 4.79 Å². The molecule has 0 aromatic heterocycles. The lowest BCUT2D eigenvalue weighted by Gasteiger charge is -2.19. The number of amides is 1. The molecule has 0 fully saturated rings. The Morgan fingerprint density at radius 3 is 2.47 bits per heavy atom. The van der Waals surface area contributed by atoms with Gasteiger partial charge in [0.15, 0.2) is 0 Å². The number of hydrogen-bond donors (Lipinski definition) is 1. The molecule has 1 rings (SSSR count). The van der Waals surface area contributed by atoms with Gasteiger partial charge in [-0.05, 0) is 30.7 Å². The van der Waals surface area contributed by atoms with Crippen molar-refractivity contribution in [2.24, 2.45) is 0 Å². The van der Waals surface area contributed by atoms with Gasteiger partial charge in [-0.1, -0.05) is 29.3 Å². The van der Waals surface area contributed by atoms with Crippen molar-refractivity contribution in [2.45, 2.75) is 13.0 Å². The Balaban J connectivity index is 2.78. The van der Waals surface area contributed by atoms with Gasteiger partial charge in [-0.25, -0.2) is 4.79 Å². The standard InChI is InChI=1S/C13H13Cl2NO3/c1-8(13(18)19)16(2)12(17)6-4-9-3-5-10(14)11(15)7-9/h3-8H,1-2H3,(H,18,19). The molecule has 0 saturated carbocycles. The third-order valence-corrected chi connectivity index (χ3v) is 3.39. The Hall–Kier alpha value is -1.52. The molecule has 0 aliphatic rings. The van der Waals surface area contributed by atoms with Gasteiger partial charge in [0, 0.05) is 13.1 Å². The zero-order valence-electron chi connectivity index (χ0n) is 10.4. The lowest BCUT2D eigenvalue weighted by atomic mass is 10.2. The van der Waals surface area contributed by atoms with E-state index in [4.69, 9.17) is 28.3 Å². The minimum atomic E-state index is -1.06. The molecular formula is C13H13Cl2NO3. The molecule has 0 radical (unpaired) electrons. The average Bonchev–Trinajstić information content (AvgIpc) is 2.37. The molecule has 1 unspecified atom stereocenters. The molecule has 1 aromatic rings. The van der Waals surface area contributed by atoms with Gasteiger partial charge in [0.05, 0.1) is 10.0 Å². The van der Waals surface area contributed by atoms with E-state index in [9.17, 15) is 9.59 Å². The van der Waals surface area contributed by atoms with Crippen LogP contribution in [0.25, 0.3) is 6.08 Å². The molecule has 0 saturated heterocycles. The quantitative estimate of drug-likeness (QED) is 0.870. The van der Waals surface area contributed by atoms with Crippen LogP contribution in [0.2, 0.25) is 10.0 Å². The number of likely N-dealkylation sites (N-methyl/N-ethyl adjacent to an activating group) is 1. The molecule has 0 aliphatic heterocycles. The molecule has 0 heterocycles. The van der Waals surface area contributed by atoms with Crippen LogP contribution in [-0.4, -0.2) is 35.0 Å². The van der Waals surface area contributed by atoms with Crippen LogP contribution in [0, 0.1) is 0 Å². The highest BCUT2D eigenvalue weighted by Crippen LogP contribution is 2.23. The Bertz CT molecular complexity index is 529. The number of nitrogens with zero attached hydrogens (tertiary/aromatic N) is 1. The Morgan fingerprint density at radius 2 is 1.95 bits per heavy atom. The second kappa shape index (κ2) is 6.59. The summed E-state index contributed by atoms with van der Waals surface area (Å²) in [6.45, 7) is 1.44. The van der Waals surface area contributed by atoms with Crippen molar-refractivity contribution in [2.75, 3.05) is 7.05 Å². The third-order valence-electron chi connectivity index (χ3n) is 2.65. The summed E-state index contributed by atoms with van der Waals surface area (Å²) in [6, 6.07) is 4.07. The minimum Gasteiger partial charge on any atom is -0.480 e. The van der Waals surface area contributed by atoms with Gasteiger partial charge < -0.3 is 10.0 Å². The number of carboxylic acids is 1. The van der Waals surface area contributed by atoms with Crippen LogP contribution in [0.1, 0.15) is 12.5 Å². The van der Waals surface area contributed by atoms with E-state index in [1.165, 1.54) is 20.0 Å². The highest BCUT2D eigenvalue weighted by molar-refractivity contribution is 6.42. The first-order valence-electron chi connectivity index (χ1n) is 5.45. The zero-order chi connectivity index (χ0) is 14.6. The minimum absolute atomic E-state index is 0.392. The van der Waals surface area contributed by atoms with Crippen LogP contribution in [-0.2, 0) is 9.59 Å². The maximum absolute atomic E-state index is 11.7. The van der Waals surface area contributed by atoms with Crippen LogP contribution in [0.4, 0.5) is 0 Å². The van der Waals surface area contributed by atoms with Gasteiger partial charge in [-0.15, -0.1) is 0 Å². The molecule has 1 aromatic carbocycles. The van der Waals surface area contributed by atoms with Crippen LogP contribution < -0.4 is 0 Å². The van der Waals surface area contributed by atoms with Gasteiger partial charge in [0.25, 0.3) is 0 Å². The molecule has 102 valence electrons. The van der Waals surface area contributed by atoms with E-state index in [0.29, 0.717) is 15.6 Å². The maximum atomic E-state index is 11.7. The van der Waals surface area contributed by atoms with Gasteiger partial charge in [0.2, 0.25) is 5.91 Å². The number of carbonyl (C=O) groups excluding carboxylic acids is 1. The SMILES string of the molecule is CC(C(=O)O)N(C)C(=O)C=Cc1ccc(Cl)c(Cl)c1. The molecule has 1 amide bonds. The molecule has 0 spiro atoms. The van der Waals surface area contributed by atoms with Crippen molar-refractivity contribution < 1.29 is 14.7 Å². The number of aliphatic carboxylic acids is 1. The van der Waals surface area contributed by atoms with Crippen molar-refractivity contribution in [3.63, 3.8) is 0 Å². The van der Waals surface area contributed by atoms with E-state index in [2.05, 4.69) is 0 Å². The number of carboxylic acid groups (broad SMARTS) is 1. The first kappa shape index (κ1) is 15.5. The average molecular weight is 302 g/mol. The van der Waals surface area contributed by atoms with E-state index in [-0.39, 0.29) is 0 Å². The number of hydrogen-bond acceptors (Lipinski definition) is 2. The van der Waals surface area contributed by atoms with Crippen LogP contribution in [0.3, 0.4) is 0 Å². The summed E-state index contributed by atoms with van der Waals surface area (Å²) in [7, 11) is 1.43. The van der Waals surface area contributed by atoms with Gasteiger partial charge in [-0.2, -0.15) is 0 Å². The van der Waals surface area contributed by atoms with Crippen molar-refractivity contribution >= 4 is 41.2 Å². The van der Waals surface area contributed by atoms with E-state index in [0.717, 1.165) is 4.90 Å². The first-order chi connectivity index (χ1) is 8.82. The van der Waals surface area contributed by atoms with Crippen molar-refractivity contribution in [1.29, 1.82) is 0 Å². The van der Waals surface area contributed by atoms with E-state index >= 15 is 0 Å². The number of rotatable bonds is 4. The smallest absolute Gasteiger partial charge is 0.326 e. The molecule has 4 nitrogen and oxygen atoms in total.